The van der Waals surface area contributed by atoms with E-state index in [1.165, 1.54) is 0 Å². The molecule has 0 aliphatic carbocycles. The molecule has 0 saturated carbocycles. The van der Waals surface area contributed by atoms with Crippen LogP contribution in [0.1, 0.15) is 0 Å². The molecule has 17 nitrogen and oxygen atoms in total. The van der Waals surface area contributed by atoms with Crippen molar-refractivity contribution in [3.05, 3.63) is 0 Å². The number of hydrogen-bond donors (Lipinski definition) is 4. The smallest absolute Gasteiger partial charge is 0.370 e. The fourth-order valence-electron chi connectivity index (χ4n) is 1.88. The Balaban J connectivity index is 3.30. The van der Waals surface area contributed by atoms with Crippen LogP contribution >= 0.6 is 0 Å². The van der Waals surface area contributed by atoms with Gasteiger partial charge in [-0.3, -0.25) is 18.2 Å². The Kier molecular flexibility index (Phi) is 7.65. The quantitative estimate of drug-likeness (QED) is 0.234. The molecule has 0 aromatic rings. The average molecular weight is 484 g/mol. The van der Waals surface area contributed by atoms with Crippen molar-refractivity contribution in [3.63, 3.8) is 0 Å². The minimum absolute atomic E-state index is 1.01. The first-order valence-electron chi connectivity index (χ1n) is 6.07. The maximum atomic E-state index is 10.9. The van der Waals surface area contributed by atoms with E-state index in [4.69, 9.17) is 22.9 Å². The summed E-state index contributed by atoms with van der Waals surface area (Å²) < 4.78 is 142. The summed E-state index contributed by atoms with van der Waals surface area (Å²) in [4.78, 5) is 0. The highest BCUT2D eigenvalue weighted by Crippen LogP contribution is 2.27. The maximum absolute atomic E-state index is 10.9. The molecule has 0 spiro atoms. The van der Waals surface area contributed by atoms with Crippen LogP contribution in [0.5, 0.6) is 0 Å². The van der Waals surface area contributed by atoms with Crippen LogP contribution in [-0.4, -0.2) is 89.5 Å². The normalized spacial score (nSPS) is 28.1. The third kappa shape index (κ3) is 9.97. The van der Waals surface area contributed by atoms with E-state index in [2.05, 4.69) is 16.7 Å². The molecule has 0 aromatic carbocycles. The Labute approximate surface area is 152 Å². The second-order valence-corrected chi connectivity index (χ2v) is 8.86. The molecule has 27 heavy (non-hydrogen) atoms. The highest BCUT2D eigenvalue weighted by Gasteiger charge is 2.49. The Bertz CT molecular complexity index is 927. The van der Waals surface area contributed by atoms with Crippen LogP contribution in [0.4, 0.5) is 0 Å². The summed E-state index contributed by atoms with van der Waals surface area (Å²) in [6.07, 6.45) is -8.96. The molecule has 1 rings (SSSR count). The van der Waals surface area contributed by atoms with Crippen LogP contribution in [-0.2, 0) is 63.1 Å². The standard InChI is InChI=1S/C6H12O17S4/c7-24(8,9)20-2-3-5(22-26(13,14)15)6(23-27(16,17)18)4(1-19-3)21-25(10,11)12/h3-6H,1-2H2,(H,7,8,9)(H,10,11,12)(H,13,14,15)(H,16,17,18)/t3-,4-,5+,6+/m1/s1. The van der Waals surface area contributed by atoms with Gasteiger partial charge in [0.05, 0.1) is 13.2 Å². The van der Waals surface area contributed by atoms with E-state index < -0.39 is 79.2 Å². The van der Waals surface area contributed by atoms with Gasteiger partial charge in [0.1, 0.15) is 24.4 Å². The molecule has 1 aliphatic heterocycles. The van der Waals surface area contributed by atoms with Crippen molar-refractivity contribution in [2.24, 2.45) is 0 Å². The molecule has 0 aromatic heterocycles. The van der Waals surface area contributed by atoms with E-state index in [-0.39, 0.29) is 0 Å². The summed E-state index contributed by atoms with van der Waals surface area (Å²) in [5.41, 5.74) is 0. The van der Waals surface area contributed by atoms with Crippen molar-refractivity contribution in [2.75, 3.05) is 13.2 Å². The van der Waals surface area contributed by atoms with Gasteiger partial charge in [-0.15, -0.1) is 0 Å². The molecule has 1 aliphatic rings. The van der Waals surface area contributed by atoms with Crippen LogP contribution < -0.4 is 0 Å². The van der Waals surface area contributed by atoms with Gasteiger partial charge < -0.3 is 4.74 Å². The number of ether oxygens (including phenoxy) is 1. The SMILES string of the molecule is O=S(=O)(O)OC[C@H]1OC[C@@H](OS(=O)(=O)O)[C@H](OS(=O)(=O)O)[C@H]1OS(=O)(=O)O. The number of rotatable bonds is 9. The summed E-state index contributed by atoms with van der Waals surface area (Å²) >= 11 is 0. The fraction of sp³-hybridized carbons (Fsp3) is 1.00. The zero-order valence-electron chi connectivity index (χ0n) is 12.5. The Morgan fingerprint density at radius 2 is 1.15 bits per heavy atom. The van der Waals surface area contributed by atoms with Gasteiger partial charge in [0.2, 0.25) is 0 Å². The molecule has 1 heterocycles. The van der Waals surface area contributed by atoms with Crippen LogP contribution in [0.2, 0.25) is 0 Å². The van der Waals surface area contributed by atoms with Gasteiger partial charge in [0, 0.05) is 0 Å². The lowest BCUT2D eigenvalue weighted by Crippen LogP contribution is -2.58. The van der Waals surface area contributed by atoms with Crippen molar-refractivity contribution >= 4 is 41.6 Å². The third-order valence-corrected chi connectivity index (χ3v) is 4.48. The van der Waals surface area contributed by atoms with Gasteiger partial charge in [-0.25, -0.2) is 16.7 Å². The minimum Gasteiger partial charge on any atom is -0.370 e. The summed E-state index contributed by atoms with van der Waals surface area (Å²) in [7, 11) is -21.3. The molecule has 0 bridgehead atoms. The van der Waals surface area contributed by atoms with Crippen LogP contribution in [0.3, 0.4) is 0 Å². The second-order valence-electron chi connectivity index (χ2n) is 4.62. The molecule has 1 fully saturated rings. The van der Waals surface area contributed by atoms with Crippen LogP contribution in [0.25, 0.3) is 0 Å². The molecule has 4 atom stereocenters. The first kappa shape index (κ1) is 24.5. The van der Waals surface area contributed by atoms with Crippen LogP contribution in [0, 0.1) is 0 Å². The van der Waals surface area contributed by atoms with Gasteiger partial charge in [-0.1, -0.05) is 0 Å². The van der Waals surface area contributed by atoms with Crippen molar-refractivity contribution in [1.29, 1.82) is 0 Å². The Morgan fingerprint density at radius 3 is 1.56 bits per heavy atom. The minimum atomic E-state index is -5.44. The Hall–Kier alpha value is -0.560. The first-order chi connectivity index (χ1) is 11.9. The van der Waals surface area contributed by atoms with Crippen molar-refractivity contribution < 1.29 is 73.4 Å². The summed E-state index contributed by atoms with van der Waals surface area (Å²) in [6.45, 7) is -2.26. The summed E-state index contributed by atoms with van der Waals surface area (Å²) in [5, 5.41) is 0. The lowest BCUT2D eigenvalue weighted by Gasteiger charge is -2.38. The van der Waals surface area contributed by atoms with E-state index in [1.807, 2.05) is 0 Å². The molecule has 0 unspecified atom stereocenters. The van der Waals surface area contributed by atoms with Gasteiger partial charge in [0.25, 0.3) is 0 Å². The molecule has 0 amide bonds. The first-order valence-corrected chi connectivity index (χ1v) is 11.5. The van der Waals surface area contributed by atoms with E-state index in [0.717, 1.165) is 0 Å². The zero-order chi connectivity index (χ0) is 21.3. The largest absolute Gasteiger partial charge is 0.397 e. The van der Waals surface area contributed by atoms with Crippen molar-refractivity contribution in [2.45, 2.75) is 24.4 Å². The van der Waals surface area contributed by atoms with E-state index in [0.29, 0.717) is 0 Å². The number of hydrogen-bond acceptors (Lipinski definition) is 13. The fourth-order valence-corrected chi connectivity index (χ4v) is 3.69. The average Bonchev–Trinajstić information content (AvgIpc) is 2.36. The van der Waals surface area contributed by atoms with Gasteiger partial charge >= 0.3 is 41.6 Å². The van der Waals surface area contributed by atoms with Gasteiger partial charge in [0.15, 0.2) is 0 Å². The molecule has 162 valence electrons. The lowest BCUT2D eigenvalue weighted by atomic mass is 10.0. The highest BCUT2D eigenvalue weighted by atomic mass is 32.3. The topological polar surface area (TPSA) is 264 Å². The van der Waals surface area contributed by atoms with Gasteiger partial charge in [-0.05, 0) is 0 Å². The molecular formula is C6H12O17S4. The maximum Gasteiger partial charge on any atom is 0.397 e. The van der Waals surface area contributed by atoms with Crippen LogP contribution in [0.15, 0.2) is 0 Å². The summed E-state index contributed by atoms with van der Waals surface area (Å²) in [5.74, 6) is 0. The second kappa shape index (κ2) is 8.44. The molecular weight excluding hydrogens is 472 g/mol. The Morgan fingerprint density at radius 1 is 0.704 bits per heavy atom. The van der Waals surface area contributed by atoms with Gasteiger partial charge in [-0.2, -0.15) is 33.7 Å². The van der Waals surface area contributed by atoms with E-state index in [1.54, 1.807) is 0 Å². The predicted octanol–water partition coefficient (Wildman–Crippen LogP) is -3.23. The highest BCUT2D eigenvalue weighted by molar-refractivity contribution is 7.81. The predicted molar refractivity (Wildman–Crippen MR) is 76.5 cm³/mol. The van der Waals surface area contributed by atoms with E-state index >= 15 is 0 Å². The van der Waals surface area contributed by atoms with Crippen molar-refractivity contribution in [1.82, 2.24) is 0 Å². The molecule has 1 saturated heterocycles. The summed E-state index contributed by atoms with van der Waals surface area (Å²) in [6, 6.07) is 0. The zero-order valence-corrected chi connectivity index (χ0v) is 15.7. The monoisotopic (exact) mass is 484 g/mol. The molecule has 4 N–H and O–H groups in total. The lowest BCUT2D eigenvalue weighted by molar-refractivity contribution is -0.171. The van der Waals surface area contributed by atoms with E-state index in [9.17, 15) is 33.7 Å². The van der Waals surface area contributed by atoms with Crippen molar-refractivity contribution in [3.8, 4) is 0 Å². The molecule has 0 radical (unpaired) electrons. The third-order valence-electron chi connectivity index (χ3n) is 2.62. The molecule has 21 heteroatoms.